The highest BCUT2D eigenvalue weighted by molar-refractivity contribution is 6.74. The number of aliphatic hydroxyl groups is 1. The third-order valence-electron chi connectivity index (χ3n) is 3.03. The van der Waals surface area contributed by atoms with E-state index in [0.717, 1.165) is 5.56 Å². The Morgan fingerprint density at radius 2 is 2.00 bits per heavy atom. The highest BCUT2D eigenvalue weighted by Crippen LogP contribution is 2.38. The molecule has 0 amide bonds. The van der Waals surface area contributed by atoms with Gasteiger partial charge in [0.25, 0.3) is 14.3 Å². The lowest BCUT2D eigenvalue weighted by molar-refractivity contribution is 0.270. The second kappa shape index (κ2) is 4.02. The van der Waals surface area contributed by atoms with E-state index in [1.165, 1.54) is 0 Å². The normalized spacial score (nSPS) is 12.9. The molecular weight excluding hydrogens is 208 g/mol. The molecule has 0 bridgehead atoms. The van der Waals surface area contributed by atoms with Crippen molar-refractivity contribution in [1.82, 2.24) is 0 Å². The monoisotopic (exact) mass is 228 g/mol. The summed E-state index contributed by atoms with van der Waals surface area (Å²) in [5, 5.41) is 9.21. The van der Waals surface area contributed by atoms with Gasteiger partial charge in [-0.1, -0.05) is 20.8 Å². The van der Waals surface area contributed by atoms with Crippen molar-refractivity contribution in [2.45, 2.75) is 45.5 Å². The SMILES string of the molecule is CC(C)(C)[Si](C)(C)Oc1occc1CO. The second-order valence-corrected chi connectivity index (χ2v) is 9.98. The third kappa shape index (κ3) is 2.63. The van der Waals surface area contributed by atoms with Crippen LogP contribution in [0, 0.1) is 0 Å². The lowest BCUT2D eigenvalue weighted by Crippen LogP contribution is -2.43. The van der Waals surface area contributed by atoms with Crippen LogP contribution in [0.15, 0.2) is 16.7 Å². The Morgan fingerprint density at radius 3 is 2.47 bits per heavy atom. The minimum absolute atomic E-state index is 0.0412. The Morgan fingerprint density at radius 1 is 1.40 bits per heavy atom. The van der Waals surface area contributed by atoms with Crippen molar-refractivity contribution in [3.05, 3.63) is 17.9 Å². The van der Waals surface area contributed by atoms with E-state index in [0.29, 0.717) is 5.95 Å². The predicted molar refractivity (Wildman–Crippen MR) is 62.5 cm³/mol. The summed E-state index contributed by atoms with van der Waals surface area (Å²) in [5.41, 5.74) is 0.722. The molecule has 0 unspecified atom stereocenters. The molecule has 3 nitrogen and oxygen atoms in total. The van der Waals surface area contributed by atoms with E-state index < -0.39 is 8.32 Å². The first-order valence-electron chi connectivity index (χ1n) is 5.14. The van der Waals surface area contributed by atoms with Crippen molar-refractivity contribution in [1.29, 1.82) is 0 Å². The molecule has 15 heavy (non-hydrogen) atoms. The molecule has 1 aromatic heterocycles. The van der Waals surface area contributed by atoms with E-state index in [-0.39, 0.29) is 11.6 Å². The van der Waals surface area contributed by atoms with Gasteiger partial charge in [0.2, 0.25) is 0 Å². The summed E-state index contributed by atoms with van der Waals surface area (Å²) in [7, 11) is -1.86. The molecular formula is C11H20O3Si. The first kappa shape index (κ1) is 12.3. The Balaban J connectivity index is 2.86. The minimum atomic E-state index is -1.86. The van der Waals surface area contributed by atoms with Gasteiger partial charge in [-0.15, -0.1) is 0 Å². The molecule has 0 aliphatic heterocycles. The van der Waals surface area contributed by atoms with Crippen molar-refractivity contribution < 1.29 is 13.9 Å². The summed E-state index contributed by atoms with van der Waals surface area (Å²) in [5.74, 6) is 0.476. The molecule has 1 aromatic rings. The molecule has 0 atom stereocenters. The number of rotatable bonds is 3. The average molecular weight is 228 g/mol. The molecule has 0 aliphatic carbocycles. The van der Waals surface area contributed by atoms with Gasteiger partial charge in [-0.05, 0) is 24.2 Å². The summed E-state index contributed by atoms with van der Waals surface area (Å²) < 4.78 is 11.2. The van der Waals surface area contributed by atoms with Gasteiger partial charge in [0.15, 0.2) is 0 Å². The molecule has 1 rings (SSSR count). The van der Waals surface area contributed by atoms with Gasteiger partial charge in [-0.3, -0.25) is 0 Å². The Kier molecular flexibility index (Phi) is 3.30. The van der Waals surface area contributed by atoms with E-state index in [9.17, 15) is 0 Å². The van der Waals surface area contributed by atoms with E-state index in [4.69, 9.17) is 13.9 Å². The molecule has 0 fully saturated rings. The topological polar surface area (TPSA) is 42.6 Å². The Hall–Kier alpha value is -0.743. The standard InChI is InChI=1S/C11H20O3Si/c1-11(2,3)15(4,5)14-10-9(8-12)6-7-13-10/h6-7,12H,8H2,1-5H3. The minimum Gasteiger partial charge on any atom is -0.518 e. The zero-order chi connectivity index (χ0) is 11.7. The fraction of sp³-hybridized carbons (Fsp3) is 0.636. The molecule has 0 aromatic carbocycles. The van der Waals surface area contributed by atoms with Crippen LogP contribution < -0.4 is 4.43 Å². The van der Waals surface area contributed by atoms with Crippen LogP contribution in [0.2, 0.25) is 18.1 Å². The van der Waals surface area contributed by atoms with Crippen molar-refractivity contribution >= 4 is 8.32 Å². The highest BCUT2D eigenvalue weighted by Gasteiger charge is 2.40. The summed E-state index contributed by atoms with van der Waals surface area (Å²) in [6, 6.07) is 1.74. The van der Waals surface area contributed by atoms with Gasteiger partial charge in [0, 0.05) is 0 Å². The number of furan rings is 1. The van der Waals surface area contributed by atoms with Gasteiger partial charge < -0.3 is 13.9 Å². The first-order chi connectivity index (χ1) is 6.78. The number of hydrogen-bond donors (Lipinski definition) is 1. The van der Waals surface area contributed by atoms with Crippen LogP contribution in [0.4, 0.5) is 0 Å². The molecule has 0 spiro atoms. The summed E-state index contributed by atoms with van der Waals surface area (Å²) in [6.07, 6.45) is 1.55. The van der Waals surface area contributed by atoms with Gasteiger partial charge >= 0.3 is 0 Å². The van der Waals surface area contributed by atoms with Crippen molar-refractivity contribution in [2.75, 3.05) is 0 Å². The van der Waals surface area contributed by atoms with Gasteiger partial charge in [0.05, 0.1) is 18.4 Å². The molecule has 1 heterocycles. The van der Waals surface area contributed by atoms with Crippen molar-refractivity contribution in [3.8, 4) is 5.95 Å². The molecule has 0 saturated heterocycles. The fourth-order valence-corrected chi connectivity index (χ4v) is 1.86. The number of aliphatic hydroxyl groups excluding tert-OH is 1. The van der Waals surface area contributed by atoms with Gasteiger partial charge in [-0.25, -0.2) is 0 Å². The second-order valence-electron chi connectivity index (χ2n) is 5.25. The molecule has 0 radical (unpaired) electrons. The third-order valence-corrected chi connectivity index (χ3v) is 7.34. The highest BCUT2D eigenvalue weighted by atomic mass is 28.4. The summed E-state index contributed by atoms with van der Waals surface area (Å²) >= 11 is 0. The maximum Gasteiger partial charge on any atom is 0.276 e. The van der Waals surface area contributed by atoms with Crippen LogP contribution in [0.5, 0.6) is 5.95 Å². The van der Waals surface area contributed by atoms with E-state index in [2.05, 4.69) is 33.9 Å². The smallest absolute Gasteiger partial charge is 0.276 e. The van der Waals surface area contributed by atoms with E-state index in [1.807, 2.05) is 0 Å². The summed E-state index contributed by atoms with van der Waals surface area (Å²) in [6.45, 7) is 10.8. The quantitative estimate of drug-likeness (QED) is 0.808. The average Bonchev–Trinajstić information content (AvgIpc) is 2.48. The van der Waals surface area contributed by atoms with E-state index in [1.54, 1.807) is 12.3 Å². The fourth-order valence-electron chi connectivity index (χ4n) is 0.913. The summed E-state index contributed by atoms with van der Waals surface area (Å²) in [4.78, 5) is 0. The Labute approximate surface area is 92.2 Å². The van der Waals surface area contributed by atoms with Gasteiger partial charge in [-0.2, -0.15) is 0 Å². The van der Waals surface area contributed by atoms with Crippen molar-refractivity contribution in [2.24, 2.45) is 0 Å². The lowest BCUT2D eigenvalue weighted by atomic mass is 10.2. The molecule has 86 valence electrons. The molecule has 0 saturated carbocycles. The van der Waals surface area contributed by atoms with Crippen molar-refractivity contribution in [3.63, 3.8) is 0 Å². The van der Waals surface area contributed by atoms with Gasteiger partial charge in [0.1, 0.15) is 0 Å². The molecule has 4 heteroatoms. The van der Waals surface area contributed by atoms with Crippen LogP contribution in [-0.2, 0) is 6.61 Å². The lowest BCUT2D eigenvalue weighted by Gasteiger charge is -2.35. The van der Waals surface area contributed by atoms with Crippen LogP contribution >= 0.6 is 0 Å². The predicted octanol–water partition coefficient (Wildman–Crippen LogP) is 3.16. The van der Waals surface area contributed by atoms with Crippen LogP contribution in [0.25, 0.3) is 0 Å². The maximum absolute atomic E-state index is 9.08. The van der Waals surface area contributed by atoms with Crippen LogP contribution in [0.3, 0.4) is 0 Å². The number of hydrogen-bond acceptors (Lipinski definition) is 3. The van der Waals surface area contributed by atoms with Crippen LogP contribution in [-0.4, -0.2) is 13.4 Å². The largest absolute Gasteiger partial charge is 0.518 e. The zero-order valence-corrected chi connectivity index (χ0v) is 11.1. The first-order valence-corrected chi connectivity index (χ1v) is 8.05. The van der Waals surface area contributed by atoms with Crippen LogP contribution in [0.1, 0.15) is 26.3 Å². The van der Waals surface area contributed by atoms with E-state index >= 15 is 0 Å². The zero-order valence-electron chi connectivity index (χ0n) is 10.1. The Bertz CT molecular complexity index is 323. The maximum atomic E-state index is 9.08. The molecule has 1 N–H and O–H groups in total. The molecule has 0 aliphatic rings.